The molecule has 1 aromatic carbocycles. The molecular formula is C21H28N2O+2. The third-order valence-corrected chi connectivity index (χ3v) is 6.65. The average molecular weight is 324 g/mol. The number of nitrogens with zero attached hydrogens (tertiary/aromatic N) is 2. The molecule has 3 saturated heterocycles. The SMILES string of the molecule is C=C[C@H]1C[N+]2(C)CC[C@H]1C[C@H]2[C@H](O)c1cc[n+](C)c2ccccc12. The number of piperidine rings is 3. The summed E-state index contributed by atoms with van der Waals surface area (Å²) in [6, 6.07) is 10.8. The predicted molar refractivity (Wildman–Crippen MR) is 96.2 cm³/mol. The molecule has 2 bridgehead atoms. The number of fused-ring (bicyclic) bond motifs is 4. The van der Waals surface area contributed by atoms with Crippen molar-refractivity contribution in [2.75, 3.05) is 20.1 Å². The van der Waals surface area contributed by atoms with E-state index in [2.05, 4.69) is 67.8 Å². The molecule has 5 atom stereocenters. The summed E-state index contributed by atoms with van der Waals surface area (Å²) in [5, 5.41) is 12.5. The second-order valence-corrected chi connectivity index (χ2v) is 7.98. The Hall–Kier alpha value is -1.71. The van der Waals surface area contributed by atoms with Crippen molar-refractivity contribution in [1.82, 2.24) is 0 Å². The number of hydrogen-bond donors (Lipinski definition) is 1. The number of para-hydroxylation sites is 1. The van der Waals surface area contributed by atoms with E-state index in [0.29, 0.717) is 11.8 Å². The predicted octanol–water partition coefficient (Wildman–Crippen LogP) is 2.74. The molecule has 1 N–H and O–H groups in total. The van der Waals surface area contributed by atoms with Gasteiger partial charge in [-0.1, -0.05) is 18.2 Å². The zero-order valence-corrected chi connectivity index (χ0v) is 14.7. The fourth-order valence-electron chi connectivity index (χ4n) is 5.14. The molecule has 126 valence electrons. The second-order valence-electron chi connectivity index (χ2n) is 7.98. The number of aromatic nitrogens is 1. The average Bonchev–Trinajstić information content (AvgIpc) is 2.61. The lowest BCUT2D eigenvalue weighted by Gasteiger charge is -2.56. The minimum absolute atomic E-state index is 0.288. The Morgan fingerprint density at radius 2 is 2.12 bits per heavy atom. The van der Waals surface area contributed by atoms with Gasteiger partial charge in [-0.05, 0) is 12.0 Å². The molecular weight excluding hydrogens is 296 g/mol. The van der Waals surface area contributed by atoms with Gasteiger partial charge in [0.25, 0.3) is 0 Å². The molecule has 3 fully saturated rings. The van der Waals surface area contributed by atoms with Gasteiger partial charge in [-0.2, -0.15) is 0 Å². The van der Waals surface area contributed by atoms with Crippen LogP contribution in [0, 0.1) is 11.8 Å². The normalized spacial score (nSPS) is 33.5. The van der Waals surface area contributed by atoms with Crippen LogP contribution in [-0.2, 0) is 7.05 Å². The molecule has 0 saturated carbocycles. The fraction of sp³-hybridized carbons (Fsp3) is 0.476. The smallest absolute Gasteiger partial charge is 0.212 e. The first-order valence-corrected chi connectivity index (χ1v) is 9.05. The van der Waals surface area contributed by atoms with Crippen molar-refractivity contribution in [2.45, 2.75) is 25.0 Å². The number of quaternary nitrogens is 1. The highest BCUT2D eigenvalue weighted by Gasteiger charge is 2.51. The molecule has 1 unspecified atom stereocenters. The van der Waals surface area contributed by atoms with Gasteiger partial charge >= 0.3 is 0 Å². The van der Waals surface area contributed by atoms with Gasteiger partial charge in [-0.25, -0.2) is 4.57 Å². The number of aliphatic hydroxyl groups excluding tert-OH is 1. The number of benzene rings is 1. The van der Waals surface area contributed by atoms with Gasteiger partial charge in [0.05, 0.1) is 25.5 Å². The molecule has 0 spiro atoms. The van der Waals surface area contributed by atoms with Gasteiger partial charge in [0.1, 0.15) is 19.2 Å². The van der Waals surface area contributed by atoms with E-state index in [1.807, 2.05) is 0 Å². The van der Waals surface area contributed by atoms with E-state index < -0.39 is 6.10 Å². The van der Waals surface area contributed by atoms with Crippen LogP contribution in [0.25, 0.3) is 10.9 Å². The minimum Gasteiger partial charge on any atom is -0.382 e. The molecule has 0 amide bonds. The van der Waals surface area contributed by atoms with Gasteiger partial charge in [0, 0.05) is 36.5 Å². The molecule has 4 heterocycles. The van der Waals surface area contributed by atoms with Gasteiger partial charge in [-0.15, -0.1) is 6.58 Å². The molecule has 3 nitrogen and oxygen atoms in total. The zero-order valence-electron chi connectivity index (χ0n) is 14.7. The Kier molecular flexibility index (Phi) is 3.74. The van der Waals surface area contributed by atoms with Crippen LogP contribution in [0.1, 0.15) is 24.5 Å². The zero-order chi connectivity index (χ0) is 16.9. The van der Waals surface area contributed by atoms with Crippen molar-refractivity contribution < 1.29 is 14.2 Å². The minimum atomic E-state index is -0.408. The van der Waals surface area contributed by atoms with Crippen molar-refractivity contribution in [3.63, 3.8) is 0 Å². The summed E-state index contributed by atoms with van der Waals surface area (Å²) in [7, 11) is 4.39. The molecule has 3 aliphatic heterocycles. The first-order chi connectivity index (χ1) is 11.5. The molecule has 5 rings (SSSR count). The summed E-state index contributed by atoms with van der Waals surface area (Å²) in [6.45, 7) is 6.33. The number of rotatable bonds is 3. The van der Waals surface area contributed by atoms with Crippen LogP contribution in [0.3, 0.4) is 0 Å². The standard InChI is InChI=1S/C21H28N2O/c1-4-15-14-23(3)12-10-16(15)13-20(23)21(24)18-9-11-22(2)19-8-6-5-7-17(18)19/h4-9,11,15-16,20-21,24H,1,10,12-14H2,2-3H3/q+2/t15-,16-,20-,21+,23?/m0/s1. The quantitative estimate of drug-likeness (QED) is 0.524. The van der Waals surface area contributed by atoms with Crippen molar-refractivity contribution in [1.29, 1.82) is 0 Å². The Balaban J connectivity index is 1.74. The van der Waals surface area contributed by atoms with Crippen LogP contribution in [0.4, 0.5) is 0 Å². The second kappa shape index (κ2) is 5.68. The summed E-state index contributed by atoms with van der Waals surface area (Å²) in [5.41, 5.74) is 2.26. The Bertz CT molecular complexity index is 787. The van der Waals surface area contributed by atoms with Crippen molar-refractivity contribution >= 4 is 10.9 Å². The Labute approximate surface area is 144 Å². The van der Waals surface area contributed by atoms with Gasteiger partial charge < -0.3 is 9.59 Å². The van der Waals surface area contributed by atoms with E-state index in [1.54, 1.807) is 0 Å². The Morgan fingerprint density at radius 1 is 1.33 bits per heavy atom. The number of aliphatic hydroxyl groups is 1. The van der Waals surface area contributed by atoms with Crippen molar-refractivity contribution in [3.8, 4) is 0 Å². The lowest BCUT2D eigenvalue weighted by Crippen LogP contribution is -2.66. The number of aryl methyl sites for hydroxylation is 1. The highest BCUT2D eigenvalue weighted by Crippen LogP contribution is 2.45. The van der Waals surface area contributed by atoms with E-state index in [0.717, 1.165) is 23.0 Å². The summed E-state index contributed by atoms with van der Waals surface area (Å²) in [4.78, 5) is 0. The van der Waals surface area contributed by atoms with E-state index in [4.69, 9.17) is 0 Å². The maximum absolute atomic E-state index is 11.3. The van der Waals surface area contributed by atoms with Crippen molar-refractivity contribution in [3.05, 3.63) is 54.7 Å². The largest absolute Gasteiger partial charge is 0.382 e. The van der Waals surface area contributed by atoms with Gasteiger partial charge in [-0.3, -0.25) is 0 Å². The summed E-state index contributed by atoms with van der Waals surface area (Å²) in [6.07, 6.45) is 6.17. The molecule has 24 heavy (non-hydrogen) atoms. The number of hydrogen-bond acceptors (Lipinski definition) is 1. The van der Waals surface area contributed by atoms with Gasteiger partial charge in [0.2, 0.25) is 5.52 Å². The third-order valence-electron chi connectivity index (χ3n) is 6.65. The van der Waals surface area contributed by atoms with Crippen LogP contribution in [0.15, 0.2) is 49.2 Å². The molecule has 0 radical (unpaired) electrons. The first-order valence-electron chi connectivity index (χ1n) is 9.05. The molecule has 2 aromatic rings. The van der Waals surface area contributed by atoms with Crippen LogP contribution in [0.5, 0.6) is 0 Å². The highest BCUT2D eigenvalue weighted by atomic mass is 16.3. The summed E-state index contributed by atoms with van der Waals surface area (Å²) >= 11 is 0. The Morgan fingerprint density at radius 3 is 2.88 bits per heavy atom. The van der Waals surface area contributed by atoms with E-state index in [1.165, 1.54) is 23.9 Å². The summed E-state index contributed by atoms with van der Waals surface area (Å²) in [5.74, 6) is 1.30. The van der Waals surface area contributed by atoms with E-state index in [9.17, 15) is 5.11 Å². The third kappa shape index (κ3) is 2.30. The van der Waals surface area contributed by atoms with Crippen LogP contribution in [0.2, 0.25) is 0 Å². The van der Waals surface area contributed by atoms with Gasteiger partial charge in [0.15, 0.2) is 6.20 Å². The molecule has 3 aliphatic rings. The lowest BCUT2D eigenvalue weighted by molar-refractivity contribution is -0.956. The van der Waals surface area contributed by atoms with Crippen LogP contribution >= 0.6 is 0 Å². The number of pyridine rings is 1. The maximum atomic E-state index is 11.3. The van der Waals surface area contributed by atoms with Crippen LogP contribution < -0.4 is 4.57 Å². The fourth-order valence-corrected chi connectivity index (χ4v) is 5.14. The maximum Gasteiger partial charge on any atom is 0.212 e. The van der Waals surface area contributed by atoms with E-state index in [-0.39, 0.29) is 6.04 Å². The molecule has 1 aromatic heterocycles. The summed E-state index contributed by atoms with van der Waals surface area (Å²) < 4.78 is 3.10. The van der Waals surface area contributed by atoms with Crippen molar-refractivity contribution in [2.24, 2.45) is 18.9 Å². The topological polar surface area (TPSA) is 24.1 Å². The molecule has 3 heteroatoms. The van der Waals surface area contributed by atoms with E-state index >= 15 is 0 Å². The first kappa shape index (κ1) is 15.8. The molecule has 0 aliphatic carbocycles. The number of likely N-dealkylation sites (N-methyl/N-ethyl adjacent to an activating group) is 1. The highest BCUT2D eigenvalue weighted by molar-refractivity contribution is 5.79. The monoisotopic (exact) mass is 324 g/mol. The lowest BCUT2D eigenvalue weighted by atomic mass is 9.72. The van der Waals surface area contributed by atoms with Crippen LogP contribution in [-0.4, -0.2) is 35.8 Å².